The van der Waals surface area contributed by atoms with Gasteiger partial charge in [-0.3, -0.25) is 0 Å². The second-order valence-corrected chi connectivity index (χ2v) is 0. The summed E-state index contributed by atoms with van der Waals surface area (Å²) in [5.74, 6) is 0. The summed E-state index contributed by atoms with van der Waals surface area (Å²) in [6.07, 6.45) is 0. The van der Waals surface area contributed by atoms with Gasteiger partial charge in [0.25, 0.3) is 0 Å². The van der Waals surface area contributed by atoms with Crippen LogP contribution in [0.4, 0.5) is 0 Å². The van der Waals surface area contributed by atoms with E-state index in [-0.39, 0.29) is 73.7 Å². The zero-order valence-electron chi connectivity index (χ0n) is 2.83. The molecule has 0 bridgehead atoms. The van der Waals surface area contributed by atoms with Gasteiger partial charge in [0.1, 0.15) is 0 Å². The molecule has 0 saturated carbocycles. The van der Waals surface area contributed by atoms with Gasteiger partial charge in [-0.25, -0.2) is 0 Å². The van der Waals surface area contributed by atoms with Crippen LogP contribution in [0.3, 0.4) is 0 Å². The van der Waals surface area contributed by atoms with Gasteiger partial charge in [0.05, 0.1) is 0 Å². The fraction of sp³-hybridized carbons (Fsp3) is 0. The Kier molecular flexibility index (Phi) is 4940. The van der Waals surface area contributed by atoms with Crippen molar-refractivity contribution in [3.05, 3.63) is 0 Å². The summed E-state index contributed by atoms with van der Waals surface area (Å²) in [7, 11) is 0. The first-order valence-corrected chi connectivity index (χ1v) is 0. The molecule has 7 heteroatoms. The molecule has 43 valence electrons. The van der Waals surface area contributed by atoms with Crippen LogP contribution in [0.15, 0.2) is 0 Å². The maximum atomic E-state index is 0. The van der Waals surface area contributed by atoms with Gasteiger partial charge in [-0.1, -0.05) is 0 Å². The SMILES string of the molecule is [Cr+3].[Cr+3].[Mn+2].[O-2].[O-2].[O-2].[O-2]. The Bertz CT molecular complexity index is 9.65. The minimum absolute atomic E-state index is 0. The molecule has 0 rings (SSSR count). The van der Waals surface area contributed by atoms with E-state index in [9.17, 15) is 0 Å². The molecule has 0 spiro atoms. The summed E-state index contributed by atoms with van der Waals surface area (Å²) in [6, 6.07) is 0. The zero-order chi connectivity index (χ0) is 0. The van der Waals surface area contributed by atoms with Gasteiger partial charge >= 0.3 is 51.8 Å². The summed E-state index contributed by atoms with van der Waals surface area (Å²) in [6.45, 7) is 0. The molecule has 7 heavy (non-hydrogen) atoms. The van der Waals surface area contributed by atoms with Crippen LogP contribution in [-0.2, 0) is 73.7 Å². The van der Waals surface area contributed by atoms with E-state index >= 15 is 0 Å². The van der Waals surface area contributed by atoms with Gasteiger partial charge in [0.15, 0.2) is 0 Å². The van der Waals surface area contributed by atoms with Crippen molar-refractivity contribution in [1.82, 2.24) is 0 Å². The molecule has 0 heterocycles. The molecule has 0 saturated heterocycles. The largest absolute Gasteiger partial charge is 3.00 e. The Labute approximate surface area is 73.6 Å². The third-order valence-corrected chi connectivity index (χ3v) is 0. The van der Waals surface area contributed by atoms with E-state index in [0.717, 1.165) is 0 Å². The average molecular weight is 223 g/mol. The number of hydrogen-bond acceptors (Lipinski definition) is 0. The van der Waals surface area contributed by atoms with Crippen molar-refractivity contribution in [3.63, 3.8) is 0 Å². The summed E-state index contributed by atoms with van der Waals surface area (Å²) in [4.78, 5) is 0. The van der Waals surface area contributed by atoms with Crippen molar-refractivity contribution in [2.75, 3.05) is 0 Å². The van der Waals surface area contributed by atoms with Crippen LogP contribution < -0.4 is 0 Å². The summed E-state index contributed by atoms with van der Waals surface area (Å²) < 4.78 is 0. The van der Waals surface area contributed by atoms with E-state index in [1.165, 1.54) is 0 Å². The third-order valence-electron chi connectivity index (χ3n) is 0. The molecule has 0 atom stereocenters. The summed E-state index contributed by atoms with van der Waals surface area (Å²) >= 11 is 0. The molecule has 0 amide bonds. The van der Waals surface area contributed by atoms with Crippen LogP contribution in [0.5, 0.6) is 0 Å². The maximum Gasteiger partial charge on any atom is 3.00 e. The molecule has 0 unspecified atom stereocenters. The molecule has 4 nitrogen and oxygen atoms in total. The van der Waals surface area contributed by atoms with Gasteiger partial charge < -0.3 is 21.9 Å². The second kappa shape index (κ2) is 151. The van der Waals surface area contributed by atoms with Gasteiger partial charge in [0, 0.05) is 0 Å². The van der Waals surface area contributed by atoms with Gasteiger partial charge in [-0.05, 0) is 0 Å². The van der Waals surface area contributed by atoms with E-state index in [2.05, 4.69) is 0 Å². The number of rotatable bonds is 0. The van der Waals surface area contributed by atoms with E-state index in [4.69, 9.17) is 0 Å². The Hall–Kier alpha value is 1.42. The smallest absolute Gasteiger partial charge is 2.00 e. The minimum atomic E-state index is 0. The molecular formula is Cr2MnO4. The van der Waals surface area contributed by atoms with E-state index < -0.39 is 0 Å². The van der Waals surface area contributed by atoms with E-state index in [1.54, 1.807) is 0 Å². The Morgan fingerprint density at radius 1 is 0.429 bits per heavy atom. The van der Waals surface area contributed by atoms with Crippen molar-refractivity contribution >= 4 is 0 Å². The Balaban J connectivity index is 0. The van der Waals surface area contributed by atoms with Crippen molar-refractivity contribution in [3.8, 4) is 0 Å². The zero-order valence-corrected chi connectivity index (χ0v) is 6.56. The maximum absolute atomic E-state index is 0. The molecule has 0 aromatic heterocycles. The molecule has 0 aliphatic heterocycles. The average Bonchev–Trinajstić information content (AvgIpc) is 0. The molecule has 0 aliphatic carbocycles. The van der Waals surface area contributed by atoms with Crippen LogP contribution in [0.2, 0.25) is 0 Å². The quantitative estimate of drug-likeness (QED) is 0.493. The van der Waals surface area contributed by atoms with Gasteiger partial charge in [-0.15, -0.1) is 0 Å². The van der Waals surface area contributed by atoms with Crippen molar-refractivity contribution in [2.45, 2.75) is 0 Å². The monoisotopic (exact) mass is 223 g/mol. The standard InChI is InChI=1S/2Cr.Mn.4O/q2*+3;+2;4*-2. The van der Waals surface area contributed by atoms with Crippen molar-refractivity contribution in [1.29, 1.82) is 0 Å². The topological polar surface area (TPSA) is 114 Å². The van der Waals surface area contributed by atoms with Crippen molar-refractivity contribution in [2.24, 2.45) is 0 Å². The third kappa shape index (κ3) is 108. The van der Waals surface area contributed by atoms with Crippen LogP contribution in [0.1, 0.15) is 0 Å². The van der Waals surface area contributed by atoms with Crippen LogP contribution in [0, 0.1) is 0 Å². The molecular weight excluding hydrogens is 223 g/mol. The molecule has 0 aliphatic rings. The van der Waals surface area contributed by atoms with Crippen molar-refractivity contribution < 1.29 is 73.7 Å². The van der Waals surface area contributed by atoms with E-state index in [1.807, 2.05) is 0 Å². The summed E-state index contributed by atoms with van der Waals surface area (Å²) in [5.41, 5.74) is 0. The van der Waals surface area contributed by atoms with Crippen LogP contribution in [0.25, 0.3) is 0 Å². The molecule has 0 N–H and O–H groups in total. The molecule has 0 fully saturated rings. The first-order chi connectivity index (χ1) is 0. The predicted molar refractivity (Wildman–Crippen MR) is 2.75 cm³/mol. The fourth-order valence-corrected chi connectivity index (χ4v) is 0. The molecule has 3 radical (unpaired) electrons. The minimum Gasteiger partial charge on any atom is -2.00 e. The first-order valence-electron chi connectivity index (χ1n) is 0. The molecule has 0 aromatic rings. The first kappa shape index (κ1) is 229. The van der Waals surface area contributed by atoms with Crippen LogP contribution >= 0.6 is 0 Å². The van der Waals surface area contributed by atoms with Crippen LogP contribution in [-0.4, -0.2) is 0 Å². The fourth-order valence-electron chi connectivity index (χ4n) is 0. The normalized spacial score (nSPS) is 0. The summed E-state index contributed by atoms with van der Waals surface area (Å²) in [5, 5.41) is 0. The predicted octanol–water partition coefficient (Wildman–Crippen LogP) is -0.483. The number of hydrogen-bond donors (Lipinski definition) is 0. The van der Waals surface area contributed by atoms with E-state index in [0.29, 0.717) is 0 Å². The second-order valence-electron chi connectivity index (χ2n) is 0. The van der Waals surface area contributed by atoms with Gasteiger partial charge in [0.2, 0.25) is 0 Å². The van der Waals surface area contributed by atoms with Gasteiger partial charge in [-0.2, -0.15) is 0 Å². The Morgan fingerprint density at radius 3 is 0.429 bits per heavy atom. The molecule has 0 aromatic carbocycles. The Morgan fingerprint density at radius 2 is 0.429 bits per heavy atom.